The van der Waals surface area contributed by atoms with Crippen LogP contribution in [0.25, 0.3) is 11.1 Å². The average Bonchev–Trinajstić information content (AvgIpc) is 3.59. The number of nitrogens with zero attached hydrogens (tertiary/aromatic N) is 1. The van der Waals surface area contributed by atoms with Crippen LogP contribution in [0, 0.1) is 0 Å². The van der Waals surface area contributed by atoms with E-state index in [1.165, 1.54) is 0 Å². The van der Waals surface area contributed by atoms with E-state index in [0.717, 1.165) is 29.5 Å². The zero-order valence-corrected chi connectivity index (χ0v) is 18.2. The minimum absolute atomic E-state index is 0.250. The molecule has 2 heterocycles. The highest BCUT2D eigenvalue weighted by molar-refractivity contribution is 6.34. The number of ether oxygens (including phenoxy) is 4. The van der Waals surface area contributed by atoms with Crippen LogP contribution < -0.4 is 9.47 Å². The Bertz CT molecular complexity index is 940. The number of benzene rings is 1. The van der Waals surface area contributed by atoms with E-state index in [0.29, 0.717) is 37.2 Å². The summed E-state index contributed by atoms with van der Waals surface area (Å²) >= 11 is 6.61. The number of carboxylic acid groups (broad SMARTS) is 1. The summed E-state index contributed by atoms with van der Waals surface area (Å²) in [6, 6.07) is 7.35. The van der Waals surface area contributed by atoms with Crippen LogP contribution in [0.4, 0.5) is 0 Å². The van der Waals surface area contributed by atoms with Gasteiger partial charge in [-0.25, -0.2) is 9.78 Å². The maximum atomic E-state index is 12.0. The standard InChI is InChI=1S/C23H26ClNO6/c1-2-29-19-5-3-4-17(21(19)24)18-13-25-20(12-15(18)14-30-16-6-7-16)31-23(22(26)27)8-10-28-11-9-23/h3-5,12-13,16H,2,6-11,14H2,1H3,(H,26,27). The first kappa shape index (κ1) is 21.9. The van der Waals surface area contributed by atoms with Gasteiger partial charge in [-0.3, -0.25) is 0 Å². The third-order valence-corrected chi connectivity index (χ3v) is 5.90. The van der Waals surface area contributed by atoms with E-state index in [9.17, 15) is 9.90 Å². The Morgan fingerprint density at radius 3 is 2.74 bits per heavy atom. The summed E-state index contributed by atoms with van der Waals surface area (Å²) in [6.07, 6.45) is 4.55. The van der Waals surface area contributed by atoms with Gasteiger partial charge in [-0.05, 0) is 31.4 Å². The number of rotatable bonds is 9. The van der Waals surface area contributed by atoms with Crippen molar-refractivity contribution in [1.29, 1.82) is 0 Å². The predicted octanol–water partition coefficient (Wildman–Crippen LogP) is 4.49. The first-order chi connectivity index (χ1) is 15.0. The van der Waals surface area contributed by atoms with Crippen LogP contribution in [0.3, 0.4) is 0 Å². The molecule has 0 amide bonds. The molecule has 1 saturated carbocycles. The van der Waals surface area contributed by atoms with Crippen LogP contribution in [-0.2, 0) is 20.9 Å². The molecule has 2 aromatic rings. The van der Waals surface area contributed by atoms with Crippen molar-refractivity contribution < 1.29 is 28.8 Å². The number of halogens is 1. The van der Waals surface area contributed by atoms with Crippen LogP contribution in [0.1, 0.15) is 38.2 Å². The van der Waals surface area contributed by atoms with Crippen LogP contribution in [0.2, 0.25) is 5.02 Å². The smallest absolute Gasteiger partial charge is 0.348 e. The Kier molecular flexibility index (Phi) is 6.65. The summed E-state index contributed by atoms with van der Waals surface area (Å²) in [5.74, 6) is -0.160. The van der Waals surface area contributed by atoms with Crippen molar-refractivity contribution in [2.45, 2.75) is 50.9 Å². The lowest BCUT2D eigenvalue weighted by atomic mass is 9.94. The van der Waals surface area contributed by atoms with Gasteiger partial charge in [-0.15, -0.1) is 0 Å². The summed E-state index contributed by atoms with van der Waals surface area (Å²) in [4.78, 5) is 16.4. The number of carbonyl (C=O) groups is 1. The molecule has 0 bridgehead atoms. The zero-order valence-electron chi connectivity index (χ0n) is 17.4. The van der Waals surface area contributed by atoms with E-state index in [1.807, 2.05) is 25.1 Å². The fourth-order valence-electron chi connectivity index (χ4n) is 3.58. The monoisotopic (exact) mass is 447 g/mol. The van der Waals surface area contributed by atoms with Crippen LogP contribution in [-0.4, -0.2) is 47.6 Å². The molecule has 1 aromatic heterocycles. The van der Waals surface area contributed by atoms with Crippen molar-refractivity contribution in [2.75, 3.05) is 19.8 Å². The van der Waals surface area contributed by atoms with Gasteiger partial charge in [-0.1, -0.05) is 23.7 Å². The normalized spacial score (nSPS) is 17.9. The van der Waals surface area contributed by atoms with Gasteiger partial charge in [-0.2, -0.15) is 0 Å². The lowest BCUT2D eigenvalue weighted by Gasteiger charge is -2.33. The molecule has 0 atom stereocenters. The molecule has 2 aliphatic rings. The fourth-order valence-corrected chi connectivity index (χ4v) is 3.86. The van der Waals surface area contributed by atoms with E-state index in [1.54, 1.807) is 12.3 Å². The van der Waals surface area contributed by atoms with E-state index in [4.69, 9.17) is 30.5 Å². The van der Waals surface area contributed by atoms with Crippen molar-refractivity contribution in [3.63, 3.8) is 0 Å². The highest BCUT2D eigenvalue weighted by Crippen LogP contribution is 2.39. The second kappa shape index (κ2) is 9.42. The summed E-state index contributed by atoms with van der Waals surface area (Å²) in [7, 11) is 0. The summed E-state index contributed by atoms with van der Waals surface area (Å²) < 4.78 is 22.8. The van der Waals surface area contributed by atoms with Crippen molar-refractivity contribution >= 4 is 17.6 Å². The Morgan fingerprint density at radius 2 is 2.06 bits per heavy atom. The SMILES string of the molecule is CCOc1cccc(-c2cnc(OC3(C(=O)O)CCOCC3)cc2COC2CC2)c1Cl. The molecule has 166 valence electrons. The lowest BCUT2D eigenvalue weighted by molar-refractivity contribution is -0.164. The highest BCUT2D eigenvalue weighted by atomic mass is 35.5. The molecule has 31 heavy (non-hydrogen) atoms. The number of pyridine rings is 1. The van der Waals surface area contributed by atoms with Gasteiger partial charge in [0.2, 0.25) is 11.5 Å². The molecule has 1 aliphatic carbocycles. The van der Waals surface area contributed by atoms with Crippen molar-refractivity contribution in [3.05, 3.63) is 41.0 Å². The molecule has 0 radical (unpaired) electrons. The second-order valence-electron chi connectivity index (χ2n) is 7.75. The minimum atomic E-state index is -1.34. The molecule has 1 saturated heterocycles. The summed E-state index contributed by atoms with van der Waals surface area (Å²) in [6.45, 7) is 3.44. The lowest BCUT2D eigenvalue weighted by Crippen LogP contribution is -2.49. The van der Waals surface area contributed by atoms with Crippen LogP contribution >= 0.6 is 11.6 Å². The van der Waals surface area contributed by atoms with Crippen LogP contribution in [0.5, 0.6) is 11.6 Å². The van der Waals surface area contributed by atoms with Gasteiger partial charge < -0.3 is 24.1 Å². The maximum Gasteiger partial charge on any atom is 0.348 e. The van der Waals surface area contributed by atoms with Crippen molar-refractivity contribution in [3.8, 4) is 22.8 Å². The Morgan fingerprint density at radius 1 is 1.29 bits per heavy atom. The number of carboxylic acids is 1. The number of aromatic nitrogens is 1. The summed E-state index contributed by atoms with van der Waals surface area (Å²) in [5.41, 5.74) is 1.07. The first-order valence-corrected chi connectivity index (χ1v) is 10.9. The molecule has 1 aromatic carbocycles. The molecule has 7 nitrogen and oxygen atoms in total. The summed E-state index contributed by atoms with van der Waals surface area (Å²) in [5, 5.41) is 10.3. The topological polar surface area (TPSA) is 87.1 Å². The highest BCUT2D eigenvalue weighted by Gasteiger charge is 2.43. The van der Waals surface area contributed by atoms with E-state index >= 15 is 0 Å². The number of hydrogen-bond acceptors (Lipinski definition) is 6. The molecule has 8 heteroatoms. The largest absolute Gasteiger partial charge is 0.492 e. The third-order valence-electron chi connectivity index (χ3n) is 5.51. The third kappa shape index (κ3) is 4.95. The van der Waals surface area contributed by atoms with E-state index in [-0.39, 0.29) is 24.8 Å². The molecule has 2 fully saturated rings. The quantitative estimate of drug-likeness (QED) is 0.605. The zero-order chi connectivity index (χ0) is 21.8. The maximum absolute atomic E-state index is 12.0. The second-order valence-corrected chi connectivity index (χ2v) is 8.13. The molecule has 4 rings (SSSR count). The Balaban J connectivity index is 1.68. The van der Waals surface area contributed by atoms with Crippen molar-refractivity contribution in [1.82, 2.24) is 4.98 Å². The van der Waals surface area contributed by atoms with Crippen molar-refractivity contribution in [2.24, 2.45) is 0 Å². The molecule has 1 N–H and O–H groups in total. The van der Waals surface area contributed by atoms with Gasteiger partial charge in [0.25, 0.3) is 0 Å². The minimum Gasteiger partial charge on any atom is -0.492 e. The molecular formula is C23H26ClNO6. The van der Waals surface area contributed by atoms with Gasteiger partial charge in [0.05, 0.1) is 37.6 Å². The first-order valence-electron chi connectivity index (χ1n) is 10.5. The Hall–Kier alpha value is -2.35. The van der Waals surface area contributed by atoms with E-state index < -0.39 is 11.6 Å². The number of hydrogen-bond donors (Lipinski definition) is 1. The van der Waals surface area contributed by atoms with Gasteiger partial charge in [0.15, 0.2) is 0 Å². The van der Waals surface area contributed by atoms with E-state index in [2.05, 4.69) is 4.98 Å². The van der Waals surface area contributed by atoms with Gasteiger partial charge >= 0.3 is 5.97 Å². The molecule has 1 aliphatic heterocycles. The molecule has 0 unspecified atom stereocenters. The Labute approximate surface area is 186 Å². The predicted molar refractivity (Wildman–Crippen MR) is 115 cm³/mol. The van der Waals surface area contributed by atoms with Crippen LogP contribution in [0.15, 0.2) is 30.5 Å². The molecular weight excluding hydrogens is 422 g/mol. The fraction of sp³-hybridized carbons (Fsp3) is 0.478. The van der Waals surface area contributed by atoms with Gasteiger partial charge in [0.1, 0.15) is 5.75 Å². The molecule has 0 spiro atoms. The number of aliphatic carboxylic acids is 1. The van der Waals surface area contributed by atoms with Gasteiger partial charge in [0, 0.05) is 36.2 Å². The average molecular weight is 448 g/mol.